The van der Waals surface area contributed by atoms with Gasteiger partial charge in [-0.1, -0.05) is 23.7 Å². The van der Waals surface area contributed by atoms with Crippen molar-refractivity contribution in [2.24, 2.45) is 5.92 Å². The fourth-order valence-electron chi connectivity index (χ4n) is 2.94. The van der Waals surface area contributed by atoms with Gasteiger partial charge in [-0.15, -0.1) is 0 Å². The average molecular weight is 361 g/mol. The molecular weight excluding hydrogens is 340 g/mol. The summed E-state index contributed by atoms with van der Waals surface area (Å²) in [4.78, 5) is 26.4. The normalized spacial score (nSPS) is 18.7. The summed E-state index contributed by atoms with van der Waals surface area (Å²) in [6.45, 7) is 2.46. The van der Waals surface area contributed by atoms with Gasteiger partial charge in [0.05, 0.1) is 11.9 Å². The third-order valence-corrected chi connectivity index (χ3v) is 4.68. The van der Waals surface area contributed by atoms with E-state index in [4.69, 9.17) is 11.6 Å². The van der Waals surface area contributed by atoms with Gasteiger partial charge in [0, 0.05) is 31.6 Å². The zero-order valence-electron chi connectivity index (χ0n) is 14.5. The first kappa shape index (κ1) is 17.5. The third-order valence-electron chi connectivity index (χ3n) is 4.43. The van der Waals surface area contributed by atoms with E-state index in [1.165, 1.54) is 11.1 Å². The minimum atomic E-state index is -0.181. The molecule has 2 aromatic rings. The maximum atomic E-state index is 12.6. The molecule has 0 aliphatic heterocycles. The van der Waals surface area contributed by atoms with Crippen LogP contribution in [0.3, 0.4) is 0 Å². The predicted octanol–water partition coefficient (Wildman–Crippen LogP) is 3.00. The number of nitrogens with zero attached hydrogens (tertiary/aromatic N) is 3. The van der Waals surface area contributed by atoms with E-state index >= 15 is 0 Å². The minimum Gasteiger partial charge on any atom is -0.343 e. The lowest BCUT2D eigenvalue weighted by Crippen LogP contribution is -2.27. The van der Waals surface area contributed by atoms with Gasteiger partial charge in [0.2, 0.25) is 5.91 Å². The van der Waals surface area contributed by atoms with Crippen LogP contribution in [0.25, 0.3) is 0 Å². The second-order valence-electron chi connectivity index (χ2n) is 6.41. The van der Waals surface area contributed by atoms with E-state index in [2.05, 4.69) is 10.4 Å². The Hall–Kier alpha value is -2.34. The number of carbonyl (C=O) groups excluding carboxylic acids is 2. The summed E-state index contributed by atoms with van der Waals surface area (Å²) < 4.78 is 1.60. The Balaban J connectivity index is 1.73. The monoisotopic (exact) mass is 360 g/mol. The fourth-order valence-corrected chi connectivity index (χ4v) is 3.07. The molecule has 1 aromatic carbocycles. The van der Waals surface area contributed by atoms with E-state index in [-0.39, 0.29) is 23.7 Å². The average Bonchev–Trinajstić information content (AvgIpc) is 3.29. The highest BCUT2D eigenvalue weighted by molar-refractivity contribution is 6.30. The number of rotatable bonds is 5. The molecular formula is C18H21ClN4O2. The molecule has 132 valence electrons. The SMILES string of the molecule is CCn1ncc(NC(=O)C2CC2c2ccc(Cl)cc2)c1C(=O)N(C)C. The molecule has 25 heavy (non-hydrogen) atoms. The van der Waals surface area contributed by atoms with E-state index in [1.807, 2.05) is 31.2 Å². The number of benzene rings is 1. The second kappa shape index (κ2) is 6.88. The van der Waals surface area contributed by atoms with E-state index < -0.39 is 0 Å². The molecule has 1 aromatic heterocycles. The van der Waals surface area contributed by atoms with Crippen molar-refractivity contribution in [1.82, 2.24) is 14.7 Å². The topological polar surface area (TPSA) is 67.2 Å². The molecule has 1 N–H and O–H groups in total. The largest absolute Gasteiger partial charge is 0.343 e. The van der Waals surface area contributed by atoms with Gasteiger partial charge in [-0.25, -0.2) is 0 Å². The molecule has 0 spiro atoms. The molecule has 1 aliphatic rings. The van der Waals surface area contributed by atoms with Crippen LogP contribution in [0.2, 0.25) is 5.02 Å². The number of hydrogen-bond acceptors (Lipinski definition) is 3. The summed E-state index contributed by atoms with van der Waals surface area (Å²) in [5, 5.41) is 7.76. The fraction of sp³-hybridized carbons (Fsp3) is 0.389. The molecule has 1 fully saturated rings. The first-order chi connectivity index (χ1) is 11.9. The van der Waals surface area contributed by atoms with Gasteiger partial charge >= 0.3 is 0 Å². The standard InChI is InChI=1S/C18H21ClN4O2/c1-4-23-16(18(25)22(2)3)15(10-20-23)21-17(24)14-9-13(14)11-5-7-12(19)8-6-11/h5-8,10,13-14H,4,9H2,1-3H3,(H,21,24). The molecule has 6 nitrogen and oxygen atoms in total. The van der Waals surface area contributed by atoms with Crippen LogP contribution in [0.5, 0.6) is 0 Å². The smallest absolute Gasteiger partial charge is 0.273 e. The molecule has 3 rings (SSSR count). The van der Waals surface area contributed by atoms with Gasteiger partial charge in [-0.2, -0.15) is 5.10 Å². The number of amides is 2. The van der Waals surface area contributed by atoms with Crippen molar-refractivity contribution in [2.75, 3.05) is 19.4 Å². The van der Waals surface area contributed by atoms with Crippen LogP contribution in [-0.4, -0.2) is 40.6 Å². The number of carbonyl (C=O) groups is 2. The molecule has 0 saturated heterocycles. The summed E-state index contributed by atoms with van der Waals surface area (Å²) in [7, 11) is 3.36. The first-order valence-electron chi connectivity index (χ1n) is 8.26. The summed E-state index contributed by atoms with van der Waals surface area (Å²) in [6.07, 6.45) is 2.34. The van der Waals surface area contributed by atoms with Gasteiger partial charge < -0.3 is 10.2 Å². The van der Waals surface area contributed by atoms with Gasteiger partial charge in [0.25, 0.3) is 5.91 Å². The summed E-state index contributed by atoms with van der Waals surface area (Å²) in [5.74, 6) is -0.150. The predicted molar refractivity (Wildman–Crippen MR) is 96.8 cm³/mol. The second-order valence-corrected chi connectivity index (χ2v) is 6.85. The van der Waals surface area contributed by atoms with E-state index in [0.717, 1.165) is 12.0 Å². The molecule has 1 aliphatic carbocycles. The van der Waals surface area contributed by atoms with Crippen LogP contribution in [-0.2, 0) is 11.3 Å². The summed E-state index contributed by atoms with van der Waals surface area (Å²) >= 11 is 5.91. The van der Waals surface area contributed by atoms with Crippen LogP contribution >= 0.6 is 11.6 Å². The van der Waals surface area contributed by atoms with Crippen LogP contribution < -0.4 is 5.32 Å². The molecule has 2 atom stereocenters. The van der Waals surface area contributed by atoms with E-state index in [1.54, 1.807) is 18.8 Å². The van der Waals surface area contributed by atoms with Crippen LogP contribution in [0.15, 0.2) is 30.5 Å². The molecule has 1 heterocycles. The van der Waals surface area contributed by atoms with Gasteiger partial charge in [-0.3, -0.25) is 14.3 Å². The first-order valence-corrected chi connectivity index (χ1v) is 8.64. The Morgan fingerprint density at radius 2 is 2.00 bits per heavy atom. The minimum absolute atomic E-state index is 0.0802. The number of halogens is 1. The lowest BCUT2D eigenvalue weighted by molar-refractivity contribution is -0.117. The number of hydrogen-bond donors (Lipinski definition) is 1. The molecule has 0 radical (unpaired) electrons. The van der Waals surface area contributed by atoms with Crippen LogP contribution in [0.1, 0.15) is 35.3 Å². The van der Waals surface area contributed by atoms with E-state index in [0.29, 0.717) is 22.9 Å². The lowest BCUT2D eigenvalue weighted by Gasteiger charge is -2.13. The zero-order chi connectivity index (χ0) is 18.1. The summed E-state index contributed by atoms with van der Waals surface area (Å²) in [6, 6.07) is 7.58. The Bertz CT molecular complexity index is 798. The Morgan fingerprint density at radius 1 is 1.32 bits per heavy atom. The summed E-state index contributed by atoms with van der Waals surface area (Å²) in [5.41, 5.74) is 1.98. The van der Waals surface area contributed by atoms with Crippen molar-refractivity contribution in [1.29, 1.82) is 0 Å². The highest BCUT2D eigenvalue weighted by Crippen LogP contribution is 2.48. The molecule has 1 saturated carbocycles. The maximum absolute atomic E-state index is 12.6. The maximum Gasteiger partial charge on any atom is 0.273 e. The Kier molecular flexibility index (Phi) is 4.81. The van der Waals surface area contributed by atoms with Crippen LogP contribution in [0.4, 0.5) is 5.69 Å². The number of anilines is 1. The Morgan fingerprint density at radius 3 is 2.60 bits per heavy atom. The third kappa shape index (κ3) is 3.54. The molecule has 2 amide bonds. The lowest BCUT2D eigenvalue weighted by atomic mass is 10.1. The zero-order valence-corrected chi connectivity index (χ0v) is 15.2. The molecule has 2 unspecified atom stereocenters. The van der Waals surface area contributed by atoms with Gasteiger partial charge in [0.15, 0.2) is 0 Å². The molecule has 7 heteroatoms. The number of aromatic nitrogens is 2. The van der Waals surface area contributed by atoms with Crippen molar-refractivity contribution in [3.05, 3.63) is 46.7 Å². The van der Waals surface area contributed by atoms with Crippen molar-refractivity contribution in [2.45, 2.75) is 25.8 Å². The van der Waals surface area contributed by atoms with Crippen molar-refractivity contribution in [3.63, 3.8) is 0 Å². The van der Waals surface area contributed by atoms with Crippen molar-refractivity contribution in [3.8, 4) is 0 Å². The highest BCUT2D eigenvalue weighted by atomic mass is 35.5. The highest BCUT2D eigenvalue weighted by Gasteiger charge is 2.44. The van der Waals surface area contributed by atoms with Crippen molar-refractivity contribution < 1.29 is 9.59 Å². The van der Waals surface area contributed by atoms with Gasteiger partial charge in [-0.05, 0) is 37.0 Å². The van der Waals surface area contributed by atoms with Gasteiger partial charge in [0.1, 0.15) is 5.69 Å². The number of nitrogens with one attached hydrogen (secondary N) is 1. The van der Waals surface area contributed by atoms with E-state index in [9.17, 15) is 9.59 Å². The Labute approximate surface area is 151 Å². The van der Waals surface area contributed by atoms with Crippen molar-refractivity contribution >= 4 is 29.1 Å². The molecule has 0 bridgehead atoms. The van der Waals surface area contributed by atoms with Crippen LogP contribution in [0, 0.1) is 5.92 Å². The quantitative estimate of drug-likeness (QED) is 0.891. The number of aryl methyl sites for hydroxylation is 1.